The van der Waals surface area contributed by atoms with Gasteiger partial charge in [0, 0.05) is 5.56 Å². The maximum absolute atomic E-state index is 12.2. The molecule has 0 aromatic heterocycles. The summed E-state index contributed by atoms with van der Waals surface area (Å²) in [7, 11) is 0. The number of primary amides is 1. The van der Waals surface area contributed by atoms with Crippen LogP contribution in [0.15, 0.2) is 54.6 Å². The van der Waals surface area contributed by atoms with E-state index in [1.165, 1.54) is 31.2 Å². The average Bonchev–Trinajstić information content (AvgIpc) is 2.62. The van der Waals surface area contributed by atoms with Crippen LogP contribution in [0.25, 0.3) is 0 Å². The molecule has 0 unspecified atom stereocenters. The fourth-order valence-corrected chi connectivity index (χ4v) is 2.21. The Kier molecular flexibility index (Phi) is 5.89. The summed E-state index contributed by atoms with van der Waals surface area (Å²) in [6.07, 6.45) is -0.950. The number of ether oxygens (including phenoxy) is 1. The van der Waals surface area contributed by atoms with Crippen molar-refractivity contribution in [2.45, 2.75) is 26.0 Å². The molecular weight excluding hydrogens is 320 g/mol. The molecule has 0 saturated heterocycles. The first-order valence-electron chi connectivity index (χ1n) is 7.84. The van der Waals surface area contributed by atoms with Crippen LogP contribution in [-0.2, 0) is 9.53 Å². The van der Waals surface area contributed by atoms with Crippen LogP contribution in [0.2, 0.25) is 0 Å². The van der Waals surface area contributed by atoms with E-state index < -0.39 is 23.9 Å². The number of carbonyl (C=O) groups is 3. The van der Waals surface area contributed by atoms with Crippen molar-refractivity contribution in [1.82, 2.24) is 5.32 Å². The Labute approximate surface area is 146 Å². The van der Waals surface area contributed by atoms with Gasteiger partial charge in [-0.1, -0.05) is 30.3 Å². The number of rotatable bonds is 6. The number of nitrogens with two attached hydrogens (primary N) is 1. The third-order valence-electron chi connectivity index (χ3n) is 3.72. The van der Waals surface area contributed by atoms with E-state index in [0.717, 1.165) is 5.56 Å². The molecule has 2 aromatic rings. The lowest BCUT2D eigenvalue weighted by atomic mass is 10.1. The molecule has 0 aliphatic heterocycles. The molecule has 2 amide bonds. The van der Waals surface area contributed by atoms with Gasteiger partial charge in [0.05, 0.1) is 11.6 Å². The summed E-state index contributed by atoms with van der Waals surface area (Å²) in [6, 6.07) is 15.0. The lowest BCUT2D eigenvalue weighted by Crippen LogP contribution is -2.37. The molecule has 0 radical (unpaired) electrons. The predicted octanol–water partition coefficient (Wildman–Crippen LogP) is 2.21. The first-order chi connectivity index (χ1) is 11.9. The van der Waals surface area contributed by atoms with Gasteiger partial charge in [0.1, 0.15) is 0 Å². The lowest BCUT2D eigenvalue weighted by molar-refractivity contribution is -0.129. The highest BCUT2D eigenvalue weighted by molar-refractivity contribution is 5.96. The third-order valence-corrected chi connectivity index (χ3v) is 3.72. The number of hydrogen-bond donors (Lipinski definition) is 2. The summed E-state index contributed by atoms with van der Waals surface area (Å²) in [6.45, 7) is 3.35. The molecule has 6 nitrogen and oxygen atoms in total. The largest absolute Gasteiger partial charge is 0.449 e. The summed E-state index contributed by atoms with van der Waals surface area (Å²) in [4.78, 5) is 35.3. The molecule has 3 N–H and O–H groups in total. The number of benzene rings is 2. The van der Waals surface area contributed by atoms with Gasteiger partial charge < -0.3 is 15.8 Å². The molecule has 130 valence electrons. The highest BCUT2D eigenvalue weighted by Gasteiger charge is 2.21. The van der Waals surface area contributed by atoms with Gasteiger partial charge in [-0.25, -0.2) is 4.79 Å². The fraction of sp³-hybridized carbons (Fsp3) is 0.211. The van der Waals surface area contributed by atoms with Crippen molar-refractivity contribution >= 4 is 17.8 Å². The van der Waals surface area contributed by atoms with E-state index in [1.54, 1.807) is 0 Å². The smallest absolute Gasteiger partial charge is 0.338 e. The minimum atomic E-state index is -0.950. The lowest BCUT2D eigenvalue weighted by Gasteiger charge is -2.18. The minimum Gasteiger partial charge on any atom is -0.449 e. The second-order valence-electron chi connectivity index (χ2n) is 5.63. The molecule has 0 aliphatic rings. The van der Waals surface area contributed by atoms with Gasteiger partial charge in [-0.3, -0.25) is 9.59 Å². The molecule has 6 heteroatoms. The first kappa shape index (κ1) is 18.2. The summed E-state index contributed by atoms with van der Waals surface area (Å²) in [5.41, 5.74) is 6.63. The van der Waals surface area contributed by atoms with Crippen LogP contribution in [0, 0.1) is 0 Å². The predicted molar refractivity (Wildman–Crippen MR) is 92.8 cm³/mol. The Balaban J connectivity index is 1.93. The van der Waals surface area contributed by atoms with Gasteiger partial charge >= 0.3 is 5.97 Å². The van der Waals surface area contributed by atoms with E-state index in [4.69, 9.17) is 10.5 Å². The van der Waals surface area contributed by atoms with Crippen molar-refractivity contribution in [2.75, 3.05) is 0 Å². The van der Waals surface area contributed by atoms with Crippen LogP contribution in [0.3, 0.4) is 0 Å². The van der Waals surface area contributed by atoms with Gasteiger partial charge in [-0.05, 0) is 43.7 Å². The molecule has 0 bridgehead atoms. The highest BCUT2D eigenvalue weighted by Crippen LogP contribution is 2.12. The van der Waals surface area contributed by atoms with E-state index in [0.29, 0.717) is 5.56 Å². The van der Waals surface area contributed by atoms with E-state index >= 15 is 0 Å². The van der Waals surface area contributed by atoms with Crippen molar-refractivity contribution in [3.05, 3.63) is 71.3 Å². The fourth-order valence-electron chi connectivity index (χ4n) is 2.21. The number of hydrogen-bond acceptors (Lipinski definition) is 4. The summed E-state index contributed by atoms with van der Waals surface area (Å²) in [5, 5.41) is 2.80. The zero-order valence-electron chi connectivity index (χ0n) is 14.1. The van der Waals surface area contributed by atoms with Crippen molar-refractivity contribution in [3.8, 4) is 0 Å². The monoisotopic (exact) mass is 340 g/mol. The standard InChI is InChI=1S/C19H20N2O4/c1-12(14-6-4-3-5-7-14)21-18(23)13(2)25-19(24)16-10-8-15(9-11-16)17(20)22/h3-13H,1-2H3,(H2,20,22)(H,21,23)/t12-,13+/m0/s1. The SMILES string of the molecule is C[C@H](NC(=O)[C@@H](C)OC(=O)c1ccc(C(N)=O)cc1)c1ccccc1. The Hall–Kier alpha value is -3.15. The number of esters is 1. The molecule has 0 heterocycles. The zero-order chi connectivity index (χ0) is 18.4. The van der Waals surface area contributed by atoms with Crippen molar-refractivity contribution < 1.29 is 19.1 Å². The van der Waals surface area contributed by atoms with Crippen LogP contribution in [-0.4, -0.2) is 23.9 Å². The molecule has 2 rings (SSSR count). The van der Waals surface area contributed by atoms with Gasteiger partial charge in [0.25, 0.3) is 5.91 Å². The van der Waals surface area contributed by atoms with E-state index in [1.807, 2.05) is 37.3 Å². The Morgan fingerprint density at radius 2 is 1.48 bits per heavy atom. The van der Waals surface area contributed by atoms with Gasteiger partial charge in [0.2, 0.25) is 5.91 Å². The number of nitrogens with one attached hydrogen (secondary N) is 1. The van der Waals surface area contributed by atoms with Crippen molar-refractivity contribution in [1.29, 1.82) is 0 Å². The molecule has 0 saturated carbocycles. The third kappa shape index (κ3) is 4.91. The highest BCUT2D eigenvalue weighted by atomic mass is 16.5. The topological polar surface area (TPSA) is 98.5 Å². The molecule has 0 aliphatic carbocycles. The van der Waals surface area contributed by atoms with Gasteiger partial charge in [0.15, 0.2) is 6.10 Å². The van der Waals surface area contributed by atoms with Gasteiger partial charge in [-0.15, -0.1) is 0 Å². The normalized spacial score (nSPS) is 12.7. The summed E-state index contributed by atoms with van der Waals surface area (Å²) >= 11 is 0. The number of amides is 2. The second kappa shape index (κ2) is 8.10. The molecule has 0 spiro atoms. The van der Waals surface area contributed by atoms with Crippen molar-refractivity contribution in [2.24, 2.45) is 5.73 Å². The Morgan fingerprint density at radius 3 is 2.04 bits per heavy atom. The maximum Gasteiger partial charge on any atom is 0.338 e. The zero-order valence-corrected chi connectivity index (χ0v) is 14.1. The van der Waals surface area contributed by atoms with E-state index in [2.05, 4.69) is 5.32 Å². The average molecular weight is 340 g/mol. The molecule has 2 aromatic carbocycles. The van der Waals surface area contributed by atoms with Crippen LogP contribution in [0.5, 0.6) is 0 Å². The quantitative estimate of drug-likeness (QED) is 0.788. The van der Waals surface area contributed by atoms with Crippen molar-refractivity contribution in [3.63, 3.8) is 0 Å². The van der Waals surface area contributed by atoms with Crippen LogP contribution in [0.1, 0.15) is 46.2 Å². The first-order valence-corrected chi connectivity index (χ1v) is 7.84. The second-order valence-corrected chi connectivity index (χ2v) is 5.63. The Morgan fingerprint density at radius 1 is 0.920 bits per heavy atom. The molecular formula is C19H20N2O4. The maximum atomic E-state index is 12.2. The summed E-state index contributed by atoms with van der Waals surface area (Å²) in [5.74, 6) is -1.62. The number of carbonyl (C=O) groups excluding carboxylic acids is 3. The van der Waals surface area contributed by atoms with Crippen LogP contribution < -0.4 is 11.1 Å². The van der Waals surface area contributed by atoms with Crippen LogP contribution in [0.4, 0.5) is 0 Å². The Bertz CT molecular complexity index is 757. The molecule has 2 atom stereocenters. The molecule has 0 fully saturated rings. The molecule has 25 heavy (non-hydrogen) atoms. The summed E-state index contributed by atoms with van der Waals surface area (Å²) < 4.78 is 5.17. The van der Waals surface area contributed by atoms with Crippen LogP contribution >= 0.6 is 0 Å². The van der Waals surface area contributed by atoms with Gasteiger partial charge in [-0.2, -0.15) is 0 Å². The minimum absolute atomic E-state index is 0.204. The van der Waals surface area contributed by atoms with E-state index in [9.17, 15) is 14.4 Å². The van der Waals surface area contributed by atoms with E-state index in [-0.39, 0.29) is 11.6 Å².